The van der Waals surface area contributed by atoms with E-state index in [0.717, 1.165) is 0 Å². The lowest BCUT2D eigenvalue weighted by molar-refractivity contribution is -0.352. The molecule has 2 fully saturated rings. The van der Waals surface area contributed by atoms with Gasteiger partial charge in [0.25, 0.3) is 5.91 Å². The van der Waals surface area contributed by atoms with Crippen LogP contribution in [-0.4, -0.2) is 53.1 Å². The third-order valence-electron chi connectivity index (χ3n) is 6.27. The molecular weight excluding hydrogens is 495 g/mol. The number of Topliss-reactive ketones (excluding diaryl/α,β-unsaturated/α-hetero) is 1. The minimum Gasteiger partial charge on any atom is -0.479 e. The number of hydrogen-bond acceptors (Lipinski definition) is 8. The summed E-state index contributed by atoms with van der Waals surface area (Å²) in [6.07, 6.45) is -5.70. The van der Waals surface area contributed by atoms with Crippen LogP contribution in [0.25, 0.3) is 0 Å². The van der Waals surface area contributed by atoms with Crippen molar-refractivity contribution in [3.05, 3.63) is 40.6 Å². The van der Waals surface area contributed by atoms with Gasteiger partial charge in [0, 0.05) is 10.9 Å². The van der Waals surface area contributed by atoms with Gasteiger partial charge in [0.1, 0.15) is 11.9 Å². The van der Waals surface area contributed by atoms with Crippen LogP contribution in [0, 0.1) is 0 Å². The maximum atomic E-state index is 12.7. The number of amides is 1. The van der Waals surface area contributed by atoms with Gasteiger partial charge in [-0.2, -0.15) is 0 Å². The Bertz CT molecular complexity index is 1110. The van der Waals surface area contributed by atoms with Gasteiger partial charge < -0.3 is 19.2 Å². The van der Waals surface area contributed by atoms with E-state index in [2.05, 4.69) is 20.3 Å². The number of carbonyl (C=O) groups is 2. The summed E-state index contributed by atoms with van der Waals surface area (Å²) in [6, 6.07) is 4.38. The summed E-state index contributed by atoms with van der Waals surface area (Å²) in [5.74, 6) is -0.0713. The van der Waals surface area contributed by atoms with Gasteiger partial charge in [-0.3, -0.25) is 14.3 Å². The fraction of sp³-hybridized carbons (Fsp3) is 0.545. The number of halogens is 4. The number of aromatic nitrogens is 2. The molecule has 3 aliphatic rings. The summed E-state index contributed by atoms with van der Waals surface area (Å²) in [6.45, 7) is 0.186. The highest BCUT2D eigenvalue weighted by molar-refractivity contribution is 6.31. The van der Waals surface area contributed by atoms with E-state index in [1.807, 2.05) is 0 Å². The molecule has 13 heteroatoms. The molecule has 9 nitrogen and oxygen atoms in total. The monoisotopic (exact) mass is 515 g/mol. The van der Waals surface area contributed by atoms with E-state index >= 15 is 0 Å². The molecule has 1 aliphatic carbocycles. The van der Waals surface area contributed by atoms with Gasteiger partial charge in [0.15, 0.2) is 11.9 Å². The Balaban J connectivity index is 1.09. The van der Waals surface area contributed by atoms with Crippen molar-refractivity contribution in [3.63, 3.8) is 0 Å². The highest BCUT2D eigenvalue weighted by Crippen LogP contribution is 2.41. The van der Waals surface area contributed by atoms with Crippen LogP contribution in [0.15, 0.2) is 22.6 Å². The number of ketones is 1. The molecule has 0 spiro atoms. The standard InChI is InChI=1S/C22H21ClF3N3O6/c23-11-1-3-16-14(7-11)15(30)8-18(33-16)19(31)27-12-2-4-17(32-9-12)21-29-28-20(34-21)10-5-13(6-10)35-22(24,25)26/h1,3,7,10,12-13,17-18H,2,4-6,8-9H2,(H,27,31)/t10?,12-,13?,17+,18?/m1/s1. The highest BCUT2D eigenvalue weighted by Gasteiger charge is 2.43. The molecular formula is C22H21ClF3N3O6. The molecule has 3 atom stereocenters. The van der Waals surface area contributed by atoms with Crippen molar-refractivity contribution in [1.82, 2.24) is 15.5 Å². The normalized spacial score (nSPS) is 28.6. The second-order valence-electron chi connectivity index (χ2n) is 8.81. The lowest BCUT2D eigenvalue weighted by Crippen LogP contribution is -2.48. The third-order valence-corrected chi connectivity index (χ3v) is 6.51. The molecule has 2 aromatic rings. The molecule has 188 valence electrons. The van der Waals surface area contributed by atoms with E-state index in [4.69, 9.17) is 25.5 Å². The van der Waals surface area contributed by atoms with E-state index in [-0.39, 0.29) is 55.4 Å². The molecule has 1 aromatic carbocycles. The molecule has 1 saturated heterocycles. The zero-order valence-corrected chi connectivity index (χ0v) is 19.0. The number of ether oxygens (including phenoxy) is 3. The van der Waals surface area contributed by atoms with Crippen molar-refractivity contribution in [3.8, 4) is 5.75 Å². The Labute approximate surface area is 202 Å². The first-order valence-corrected chi connectivity index (χ1v) is 11.5. The Morgan fingerprint density at radius 2 is 1.94 bits per heavy atom. The number of carbonyl (C=O) groups excluding carboxylic acids is 2. The van der Waals surface area contributed by atoms with Crippen molar-refractivity contribution in [1.29, 1.82) is 0 Å². The number of hydrogen-bond donors (Lipinski definition) is 1. The fourth-order valence-electron chi connectivity index (χ4n) is 4.39. The van der Waals surface area contributed by atoms with E-state index < -0.39 is 30.6 Å². The number of benzene rings is 1. The second-order valence-corrected chi connectivity index (χ2v) is 9.25. The summed E-state index contributed by atoms with van der Waals surface area (Å²) < 4.78 is 57.9. The fourth-order valence-corrected chi connectivity index (χ4v) is 4.56. The maximum absolute atomic E-state index is 12.7. The van der Waals surface area contributed by atoms with Gasteiger partial charge in [0.05, 0.1) is 30.7 Å². The molecule has 1 aromatic heterocycles. The van der Waals surface area contributed by atoms with Gasteiger partial charge >= 0.3 is 6.36 Å². The summed E-state index contributed by atoms with van der Waals surface area (Å²) in [4.78, 5) is 25.1. The van der Waals surface area contributed by atoms with Crippen molar-refractivity contribution < 1.29 is 41.4 Å². The Hall–Kier alpha value is -2.70. The molecule has 1 unspecified atom stereocenters. The first-order valence-electron chi connectivity index (χ1n) is 11.1. The molecule has 35 heavy (non-hydrogen) atoms. The zero-order chi connectivity index (χ0) is 24.7. The third kappa shape index (κ3) is 5.44. The first kappa shape index (κ1) is 24.0. The van der Waals surface area contributed by atoms with Crippen LogP contribution in [0.2, 0.25) is 5.02 Å². The predicted octanol–water partition coefficient (Wildman–Crippen LogP) is 3.88. The molecule has 0 bridgehead atoms. The summed E-state index contributed by atoms with van der Waals surface area (Å²) in [5, 5.41) is 11.2. The van der Waals surface area contributed by atoms with Gasteiger partial charge in [-0.15, -0.1) is 23.4 Å². The smallest absolute Gasteiger partial charge is 0.479 e. The van der Waals surface area contributed by atoms with Crippen LogP contribution in [0.1, 0.15) is 66.3 Å². The topological polar surface area (TPSA) is 113 Å². The molecule has 0 radical (unpaired) electrons. The average Bonchev–Trinajstić information content (AvgIpc) is 3.26. The molecule has 2 aliphatic heterocycles. The van der Waals surface area contributed by atoms with Gasteiger partial charge in [-0.1, -0.05) is 11.6 Å². The maximum Gasteiger partial charge on any atom is 0.522 e. The van der Waals surface area contributed by atoms with Gasteiger partial charge in [-0.05, 0) is 43.9 Å². The summed E-state index contributed by atoms with van der Waals surface area (Å²) in [5.41, 5.74) is 0.356. The molecule has 1 N–H and O–H groups in total. The number of rotatable bonds is 5. The minimum absolute atomic E-state index is 0.0871. The van der Waals surface area contributed by atoms with Crippen LogP contribution in [0.4, 0.5) is 13.2 Å². The van der Waals surface area contributed by atoms with Crippen molar-refractivity contribution in [2.45, 2.75) is 68.7 Å². The first-order chi connectivity index (χ1) is 16.6. The molecule has 3 heterocycles. The number of nitrogens with one attached hydrogen (secondary N) is 1. The lowest BCUT2D eigenvalue weighted by Gasteiger charge is -2.33. The number of fused-ring (bicyclic) bond motifs is 1. The van der Waals surface area contributed by atoms with Crippen molar-refractivity contribution in [2.75, 3.05) is 6.61 Å². The summed E-state index contributed by atoms with van der Waals surface area (Å²) >= 11 is 5.92. The van der Waals surface area contributed by atoms with E-state index in [9.17, 15) is 22.8 Å². The highest BCUT2D eigenvalue weighted by atomic mass is 35.5. The van der Waals surface area contributed by atoms with E-state index in [1.165, 1.54) is 6.07 Å². The van der Waals surface area contributed by atoms with Crippen molar-refractivity contribution in [2.24, 2.45) is 0 Å². The number of alkyl halides is 3. The Morgan fingerprint density at radius 1 is 1.17 bits per heavy atom. The molecule has 1 saturated carbocycles. The summed E-state index contributed by atoms with van der Waals surface area (Å²) in [7, 11) is 0. The van der Waals surface area contributed by atoms with Crippen LogP contribution >= 0.6 is 11.6 Å². The van der Waals surface area contributed by atoms with Gasteiger partial charge in [0.2, 0.25) is 11.8 Å². The zero-order valence-electron chi connectivity index (χ0n) is 18.2. The predicted molar refractivity (Wildman–Crippen MR) is 112 cm³/mol. The van der Waals surface area contributed by atoms with Crippen LogP contribution in [0.3, 0.4) is 0 Å². The average molecular weight is 516 g/mol. The molecule has 1 amide bonds. The number of nitrogens with zero attached hydrogens (tertiary/aromatic N) is 2. The second kappa shape index (κ2) is 9.40. The van der Waals surface area contributed by atoms with Crippen LogP contribution in [-0.2, 0) is 14.3 Å². The SMILES string of the molecule is O=C1CC(C(=O)N[C@@H]2CC[C@@H](c3nnc(C4CC(OC(F)(F)F)C4)o3)OC2)Oc2ccc(Cl)cc21. The van der Waals surface area contributed by atoms with E-state index in [1.54, 1.807) is 12.1 Å². The van der Waals surface area contributed by atoms with Crippen molar-refractivity contribution >= 4 is 23.3 Å². The lowest BCUT2D eigenvalue weighted by atomic mass is 9.82. The molecule has 5 rings (SSSR count). The largest absolute Gasteiger partial charge is 0.522 e. The van der Waals surface area contributed by atoms with Crippen LogP contribution in [0.5, 0.6) is 5.75 Å². The quantitative estimate of drug-likeness (QED) is 0.638. The minimum atomic E-state index is -4.66. The van der Waals surface area contributed by atoms with Crippen LogP contribution < -0.4 is 10.1 Å². The Morgan fingerprint density at radius 3 is 2.66 bits per heavy atom. The van der Waals surface area contributed by atoms with E-state index in [0.29, 0.717) is 29.2 Å². The Kier molecular flexibility index (Phi) is 6.45. The van der Waals surface area contributed by atoms with Gasteiger partial charge in [-0.25, -0.2) is 0 Å².